The number of nitrogens with two attached hydrogens (primary N) is 1. The van der Waals surface area contributed by atoms with E-state index in [0.29, 0.717) is 12.1 Å². The molecule has 0 radical (unpaired) electrons. The van der Waals surface area contributed by atoms with Crippen molar-refractivity contribution >= 4 is 23.4 Å². The lowest BCUT2D eigenvalue weighted by Gasteiger charge is -2.11. The fourth-order valence-electron chi connectivity index (χ4n) is 2.40. The molecule has 27 heavy (non-hydrogen) atoms. The molecule has 0 amide bonds. The molecule has 0 saturated carbocycles. The minimum absolute atomic E-state index is 0.0965. The van der Waals surface area contributed by atoms with Gasteiger partial charge < -0.3 is 15.5 Å². The van der Waals surface area contributed by atoms with Crippen LogP contribution in [0.5, 0.6) is 0 Å². The molecule has 10 nitrogen and oxygen atoms in total. The third-order valence-electron chi connectivity index (χ3n) is 3.66. The van der Waals surface area contributed by atoms with E-state index in [9.17, 15) is 19.2 Å². The number of Topliss-reactive ketones (excluding diaryl/α,β-unsaturated/α-hetero) is 1. The Balaban J connectivity index is 2.25. The number of carbonyl (C=O) groups is 1. The summed E-state index contributed by atoms with van der Waals surface area (Å²) in [4.78, 5) is 57.0. The Bertz CT molecular complexity index is 994. The van der Waals surface area contributed by atoms with E-state index in [1.165, 1.54) is 13.2 Å². The standard InChI is InChI=1S/C16H21N5O5S/c1-3-4-9-7-11(23)19-15(18-9)27-8-10(22)12-13(17)21(5-6-26-2)16(25)20-14(12)24/h7H,3-6,8,17H2,1-2H3,(H,18,19,23)(H,20,24,25). The molecular weight excluding hydrogens is 374 g/mol. The van der Waals surface area contributed by atoms with Gasteiger partial charge in [0, 0.05) is 18.9 Å². The Hall–Kier alpha value is -2.66. The molecule has 0 aliphatic carbocycles. The second-order valence-corrected chi connectivity index (χ2v) is 6.63. The van der Waals surface area contributed by atoms with Crippen LogP contribution in [0, 0.1) is 0 Å². The molecular formula is C16H21N5O5S. The first-order chi connectivity index (χ1) is 12.9. The zero-order chi connectivity index (χ0) is 20.0. The highest BCUT2D eigenvalue weighted by Crippen LogP contribution is 2.15. The number of aromatic amines is 2. The second-order valence-electron chi connectivity index (χ2n) is 5.67. The molecule has 0 fully saturated rings. The summed E-state index contributed by atoms with van der Waals surface area (Å²) in [6.07, 6.45) is 1.47. The van der Waals surface area contributed by atoms with Gasteiger partial charge in [0.2, 0.25) is 0 Å². The number of H-pyrrole nitrogens is 2. The number of thioether (sulfide) groups is 1. The van der Waals surface area contributed by atoms with E-state index in [2.05, 4.69) is 15.0 Å². The Morgan fingerprint density at radius 3 is 2.74 bits per heavy atom. The van der Waals surface area contributed by atoms with Crippen molar-refractivity contribution in [2.24, 2.45) is 0 Å². The van der Waals surface area contributed by atoms with E-state index in [4.69, 9.17) is 10.5 Å². The highest BCUT2D eigenvalue weighted by Gasteiger charge is 2.20. The fraction of sp³-hybridized carbons (Fsp3) is 0.438. The zero-order valence-electron chi connectivity index (χ0n) is 15.0. The number of nitrogen functional groups attached to an aromatic ring is 1. The first-order valence-electron chi connectivity index (χ1n) is 8.25. The van der Waals surface area contributed by atoms with Gasteiger partial charge in [0.05, 0.1) is 18.9 Å². The quantitative estimate of drug-likeness (QED) is 0.299. The zero-order valence-corrected chi connectivity index (χ0v) is 15.9. The number of ether oxygens (including phenoxy) is 1. The van der Waals surface area contributed by atoms with Crippen molar-refractivity contribution in [3.8, 4) is 0 Å². The van der Waals surface area contributed by atoms with Crippen LogP contribution in [-0.4, -0.2) is 44.8 Å². The van der Waals surface area contributed by atoms with Crippen LogP contribution in [-0.2, 0) is 17.7 Å². The van der Waals surface area contributed by atoms with E-state index < -0.39 is 17.0 Å². The molecule has 0 saturated heterocycles. The summed E-state index contributed by atoms with van der Waals surface area (Å²) in [7, 11) is 1.45. The summed E-state index contributed by atoms with van der Waals surface area (Å²) < 4.78 is 5.97. The summed E-state index contributed by atoms with van der Waals surface area (Å²) >= 11 is 0.986. The number of carbonyl (C=O) groups excluding carboxylic acids is 1. The average molecular weight is 395 g/mol. The van der Waals surface area contributed by atoms with Gasteiger partial charge in [-0.15, -0.1) is 0 Å². The van der Waals surface area contributed by atoms with Crippen molar-refractivity contribution in [3.63, 3.8) is 0 Å². The molecule has 0 bridgehead atoms. The molecule has 2 aromatic rings. The number of nitrogens with one attached hydrogen (secondary N) is 2. The summed E-state index contributed by atoms with van der Waals surface area (Å²) in [6, 6.07) is 1.41. The number of hydrogen-bond acceptors (Lipinski definition) is 8. The average Bonchev–Trinajstić information content (AvgIpc) is 2.59. The molecule has 0 spiro atoms. The lowest BCUT2D eigenvalue weighted by atomic mass is 10.2. The molecule has 146 valence electrons. The summed E-state index contributed by atoms with van der Waals surface area (Å²) in [5.41, 5.74) is 4.32. The summed E-state index contributed by atoms with van der Waals surface area (Å²) in [5, 5.41) is 0.280. The third kappa shape index (κ3) is 5.17. The maximum absolute atomic E-state index is 12.5. The maximum Gasteiger partial charge on any atom is 0.330 e. The Labute approximate surface area is 158 Å². The normalized spacial score (nSPS) is 10.9. The monoisotopic (exact) mass is 395 g/mol. The lowest BCUT2D eigenvalue weighted by Crippen LogP contribution is -2.37. The van der Waals surface area contributed by atoms with Crippen molar-refractivity contribution in [2.45, 2.75) is 31.5 Å². The largest absolute Gasteiger partial charge is 0.384 e. The predicted molar refractivity (Wildman–Crippen MR) is 102 cm³/mol. The van der Waals surface area contributed by atoms with Crippen LogP contribution < -0.4 is 22.5 Å². The first-order valence-corrected chi connectivity index (χ1v) is 9.23. The van der Waals surface area contributed by atoms with Crippen LogP contribution in [0.1, 0.15) is 29.4 Å². The number of aryl methyl sites for hydroxylation is 1. The van der Waals surface area contributed by atoms with Crippen LogP contribution in [0.4, 0.5) is 5.82 Å². The molecule has 11 heteroatoms. The molecule has 0 aliphatic rings. The maximum atomic E-state index is 12.5. The molecule has 0 atom stereocenters. The van der Waals surface area contributed by atoms with Crippen molar-refractivity contribution in [1.82, 2.24) is 19.5 Å². The predicted octanol–water partition coefficient (Wildman–Crippen LogP) is -0.224. The summed E-state index contributed by atoms with van der Waals surface area (Å²) in [5.74, 6) is -0.963. The SMILES string of the molecule is CCCc1cc(=O)[nH]c(SCC(=O)c2c(N)n(CCOC)c(=O)[nH]c2=O)n1. The number of nitrogens with zero attached hydrogens (tertiary/aromatic N) is 2. The topological polar surface area (TPSA) is 153 Å². The van der Waals surface area contributed by atoms with Gasteiger partial charge in [-0.3, -0.25) is 23.9 Å². The Morgan fingerprint density at radius 1 is 1.33 bits per heavy atom. The number of rotatable bonds is 9. The summed E-state index contributed by atoms with van der Waals surface area (Å²) in [6.45, 7) is 2.25. The number of aromatic nitrogens is 4. The van der Waals surface area contributed by atoms with Gasteiger partial charge in [-0.2, -0.15) is 0 Å². The van der Waals surface area contributed by atoms with Crippen LogP contribution in [0.15, 0.2) is 25.6 Å². The highest BCUT2D eigenvalue weighted by atomic mass is 32.2. The van der Waals surface area contributed by atoms with Gasteiger partial charge in [-0.1, -0.05) is 25.1 Å². The van der Waals surface area contributed by atoms with E-state index in [0.717, 1.165) is 22.7 Å². The lowest BCUT2D eigenvalue weighted by molar-refractivity contribution is 0.102. The molecule has 2 aromatic heterocycles. The fourth-order valence-corrected chi connectivity index (χ4v) is 3.17. The molecule has 0 aromatic carbocycles. The van der Waals surface area contributed by atoms with Crippen molar-refractivity contribution in [2.75, 3.05) is 25.2 Å². The Kier molecular flexibility index (Phi) is 7.13. The van der Waals surface area contributed by atoms with Gasteiger partial charge in [0.15, 0.2) is 10.9 Å². The smallest absolute Gasteiger partial charge is 0.330 e. The van der Waals surface area contributed by atoms with E-state index in [1.54, 1.807) is 0 Å². The van der Waals surface area contributed by atoms with Crippen LogP contribution in [0.25, 0.3) is 0 Å². The number of methoxy groups -OCH3 is 1. The Morgan fingerprint density at radius 2 is 2.07 bits per heavy atom. The van der Waals surface area contributed by atoms with Crippen LogP contribution >= 0.6 is 11.8 Å². The van der Waals surface area contributed by atoms with Gasteiger partial charge in [-0.25, -0.2) is 9.78 Å². The van der Waals surface area contributed by atoms with Crippen LogP contribution in [0.2, 0.25) is 0 Å². The number of anilines is 1. The van der Waals surface area contributed by atoms with Crippen LogP contribution in [0.3, 0.4) is 0 Å². The molecule has 4 N–H and O–H groups in total. The van der Waals surface area contributed by atoms with E-state index in [-0.39, 0.29) is 41.0 Å². The van der Waals surface area contributed by atoms with Gasteiger partial charge in [0.25, 0.3) is 11.1 Å². The second kappa shape index (κ2) is 9.33. The van der Waals surface area contributed by atoms with Gasteiger partial charge in [-0.05, 0) is 6.42 Å². The van der Waals surface area contributed by atoms with Gasteiger partial charge in [0.1, 0.15) is 11.4 Å². The number of ketones is 1. The van der Waals surface area contributed by atoms with E-state index in [1.807, 2.05) is 6.92 Å². The van der Waals surface area contributed by atoms with Crippen molar-refractivity contribution < 1.29 is 9.53 Å². The molecule has 2 heterocycles. The third-order valence-corrected chi connectivity index (χ3v) is 4.53. The first kappa shape index (κ1) is 20.6. The minimum atomic E-state index is -0.849. The molecule has 0 unspecified atom stereocenters. The highest BCUT2D eigenvalue weighted by molar-refractivity contribution is 7.99. The van der Waals surface area contributed by atoms with Crippen molar-refractivity contribution in [3.05, 3.63) is 48.5 Å². The number of hydrogen-bond donors (Lipinski definition) is 3. The van der Waals surface area contributed by atoms with E-state index >= 15 is 0 Å². The molecule has 2 rings (SSSR count). The molecule has 0 aliphatic heterocycles. The minimum Gasteiger partial charge on any atom is -0.384 e. The van der Waals surface area contributed by atoms with Gasteiger partial charge >= 0.3 is 5.69 Å². The van der Waals surface area contributed by atoms with Crippen molar-refractivity contribution in [1.29, 1.82) is 0 Å².